The van der Waals surface area contributed by atoms with Crippen molar-refractivity contribution >= 4 is 54.7 Å². The fourth-order valence-corrected chi connectivity index (χ4v) is 4.31. The summed E-state index contributed by atoms with van der Waals surface area (Å²) in [4.78, 5) is 17.9. The average Bonchev–Trinajstić information content (AvgIpc) is 3.14. The van der Waals surface area contributed by atoms with Crippen molar-refractivity contribution in [2.24, 2.45) is 5.10 Å². The minimum atomic E-state index is -0.327. The molecular formula is C23H17BrFN3OS. The molecule has 7 heteroatoms. The lowest BCUT2D eigenvalue weighted by molar-refractivity contribution is 0.0987. The van der Waals surface area contributed by atoms with E-state index in [0.717, 1.165) is 25.8 Å². The normalized spacial score (nSPS) is 11.3. The monoisotopic (exact) mass is 481 g/mol. The smallest absolute Gasteiger partial charge is 0.267 e. The Balaban J connectivity index is 1.77. The maximum absolute atomic E-state index is 13.3. The van der Waals surface area contributed by atoms with E-state index >= 15 is 0 Å². The summed E-state index contributed by atoms with van der Waals surface area (Å²) in [5.41, 5.74) is 4.12. The number of carbonyl (C=O) groups excluding carboxylic acids is 1. The Morgan fingerprint density at radius 2 is 1.83 bits per heavy atom. The van der Waals surface area contributed by atoms with E-state index in [9.17, 15) is 9.18 Å². The zero-order valence-electron chi connectivity index (χ0n) is 16.3. The molecule has 4 nitrogen and oxygen atoms in total. The Bertz CT molecular complexity index is 1270. The summed E-state index contributed by atoms with van der Waals surface area (Å²) < 4.78 is 15.1. The van der Waals surface area contributed by atoms with Gasteiger partial charge in [-0.3, -0.25) is 4.79 Å². The van der Waals surface area contributed by atoms with Gasteiger partial charge in [0, 0.05) is 10.0 Å². The summed E-state index contributed by atoms with van der Waals surface area (Å²) in [6.45, 7) is 3.97. The summed E-state index contributed by atoms with van der Waals surface area (Å²) in [6, 6.07) is 17.2. The molecule has 0 unspecified atom stereocenters. The first kappa shape index (κ1) is 20.4. The lowest BCUT2D eigenvalue weighted by Gasteiger charge is -2.14. The second-order valence-electron chi connectivity index (χ2n) is 6.82. The summed E-state index contributed by atoms with van der Waals surface area (Å²) in [6.07, 6.45) is 1.53. The van der Waals surface area contributed by atoms with E-state index in [1.165, 1.54) is 34.7 Å². The highest BCUT2D eigenvalue weighted by Gasteiger charge is 2.21. The van der Waals surface area contributed by atoms with Crippen LogP contribution in [0.25, 0.3) is 10.2 Å². The number of aromatic nitrogens is 1. The van der Waals surface area contributed by atoms with Crippen molar-refractivity contribution in [3.05, 3.63) is 93.2 Å². The molecule has 0 radical (unpaired) electrons. The second-order valence-corrected chi connectivity index (χ2v) is 8.75. The zero-order chi connectivity index (χ0) is 21.3. The number of aryl methyl sites for hydroxylation is 2. The number of fused-ring (bicyclic) bond motifs is 1. The summed E-state index contributed by atoms with van der Waals surface area (Å²) in [5.74, 6) is -0.610. The number of anilines is 1. The van der Waals surface area contributed by atoms with E-state index in [-0.39, 0.29) is 11.7 Å². The van der Waals surface area contributed by atoms with Crippen molar-refractivity contribution in [2.75, 3.05) is 5.01 Å². The fraction of sp³-hybridized carbons (Fsp3) is 0.0870. The molecule has 4 rings (SSSR count). The molecule has 0 bridgehead atoms. The molecule has 3 aromatic carbocycles. The van der Waals surface area contributed by atoms with Crippen LogP contribution in [0.4, 0.5) is 9.52 Å². The van der Waals surface area contributed by atoms with E-state index in [4.69, 9.17) is 0 Å². The van der Waals surface area contributed by atoms with Crippen molar-refractivity contribution < 1.29 is 9.18 Å². The largest absolute Gasteiger partial charge is 0.280 e. The SMILES string of the molecule is Cc1ccc(C(=O)N(/N=C/c2ccc(F)cc2)c2nc3ccc(Br)cc3s2)cc1C. The summed E-state index contributed by atoms with van der Waals surface area (Å²) >= 11 is 4.84. The van der Waals surface area contributed by atoms with Crippen LogP contribution in [0, 0.1) is 19.7 Å². The number of hydrogen-bond donors (Lipinski definition) is 0. The highest BCUT2D eigenvalue weighted by atomic mass is 79.9. The molecular weight excluding hydrogens is 465 g/mol. The van der Waals surface area contributed by atoms with Crippen LogP contribution in [-0.2, 0) is 0 Å². The minimum absolute atomic E-state index is 0.283. The highest BCUT2D eigenvalue weighted by Crippen LogP contribution is 2.32. The quantitative estimate of drug-likeness (QED) is 0.246. The van der Waals surface area contributed by atoms with Gasteiger partial charge in [0.2, 0.25) is 5.13 Å². The number of halogens is 2. The first-order valence-corrected chi connectivity index (χ1v) is 10.8. The van der Waals surface area contributed by atoms with Gasteiger partial charge < -0.3 is 0 Å². The van der Waals surface area contributed by atoms with Gasteiger partial charge in [-0.05, 0) is 73.0 Å². The second kappa shape index (κ2) is 8.45. The molecule has 0 aliphatic rings. The van der Waals surface area contributed by atoms with Gasteiger partial charge in [0.25, 0.3) is 5.91 Å². The third-order valence-corrected chi connectivity index (χ3v) is 6.15. The van der Waals surface area contributed by atoms with Gasteiger partial charge >= 0.3 is 0 Å². The number of hydrazone groups is 1. The first-order chi connectivity index (χ1) is 14.4. The number of rotatable bonds is 4. The van der Waals surface area contributed by atoms with Gasteiger partial charge in [0.05, 0.1) is 16.4 Å². The number of nitrogens with zero attached hydrogens (tertiary/aromatic N) is 3. The molecule has 0 saturated carbocycles. The first-order valence-electron chi connectivity index (χ1n) is 9.18. The Morgan fingerprint density at radius 1 is 1.07 bits per heavy atom. The van der Waals surface area contributed by atoms with E-state index in [1.54, 1.807) is 18.2 Å². The van der Waals surface area contributed by atoms with Gasteiger partial charge in [-0.25, -0.2) is 9.37 Å². The number of thiazole rings is 1. The average molecular weight is 482 g/mol. The van der Waals surface area contributed by atoms with Gasteiger partial charge in [-0.1, -0.05) is 45.5 Å². The molecule has 0 spiro atoms. The highest BCUT2D eigenvalue weighted by molar-refractivity contribution is 9.10. The lowest BCUT2D eigenvalue weighted by Crippen LogP contribution is -2.25. The molecule has 30 heavy (non-hydrogen) atoms. The van der Waals surface area contributed by atoms with Crippen molar-refractivity contribution in [2.45, 2.75) is 13.8 Å². The van der Waals surface area contributed by atoms with Gasteiger partial charge in [0.1, 0.15) is 5.82 Å². The third-order valence-electron chi connectivity index (χ3n) is 4.66. The van der Waals surface area contributed by atoms with Crippen LogP contribution in [0.5, 0.6) is 0 Å². The van der Waals surface area contributed by atoms with Gasteiger partial charge in [-0.15, -0.1) is 0 Å². The predicted molar refractivity (Wildman–Crippen MR) is 124 cm³/mol. The summed E-state index contributed by atoms with van der Waals surface area (Å²) in [5, 5.41) is 6.17. The molecule has 1 aromatic heterocycles. The molecule has 0 aliphatic heterocycles. The van der Waals surface area contributed by atoms with Crippen LogP contribution in [0.3, 0.4) is 0 Å². The van der Waals surface area contributed by atoms with Crippen LogP contribution in [0.1, 0.15) is 27.0 Å². The molecule has 0 aliphatic carbocycles. The number of hydrogen-bond acceptors (Lipinski definition) is 4. The fourth-order valence-electron chi connectivity index (χ4n) is 2.84. The lowest BCUT2D eigenvalue weighted by atomic mass is 10.1. The summed E-state index contributed by atoms with van der Waals surface area (Å²) in [7, 11) is 0. The Morgan fingerprint density at radius 3 is 2.57 bits per heavy atom. The molecule has 0 fully saturated rings. The maximum Gasteiger partial charge on any atom is 0.280 e. The van der Waals surface area contributed by atoms with Crippen molar-refractivity contribution in [3.63, 3.8) is 0 Å². The van der Waals surface area contributed by atoms with E-state index < -0.39 is 0 Å². The minimum Gasteiger partial charge on any atom is -0.267 e. The van der Waals surface area contributed by atoms with Crippen molar-refractivity contribution in [1.82, 2.24) is 4.98 Å². The van der Waals surface area contributed by atoms with E-state index in [0.29, 0.717) is 16.3 Å². The molecule has 1 amide bonds. The molecule has 0 atom stereocenters. The topological polar surface area (TPSA) is 45.6 Å². The molecule has 1 heterocycles. The Labute approximate surface area is 185 Å². The van der Waals surface area contributed by atoms with Gasteiger partial charge in [-0.2, -0.15) is 10.1 Å². The van der Waals surface area contributed by atoms with Crippen LogP contribution >= 0.6 is 27.3 Å². The van der Waals surface area contributed by atoms with Crippen LogP contribution in [0.15, 0.2) is 70.2 Å². The maximum atomic E-state index is 13.3. The van der Waals surface area contributed by atoms with Crippen molar-refractivity contribution in [1.29, 1.82) is 0 Å². The van der Waals surface area contributed by atoms with Crippen LogP contribution < -0.4 is 5.01 Å². The number of carbonyl (C=O) groups is 1. The Kier molecular flexibility index (Phi) is 5.74. The van der Waals surface area contributed by atoms with Crippen LogP contribution in [0.2, 0.25) is 0 Å². The number of benzene rings is 3. The third kappa shape index (κ3) is 4.32. The van der Waals surface area contributed by atoms with Crippen LogP contribution in [-0.4, -0.2) is 17.1 Å². The van der Waals surface area contributed by atoms with Crippen molar-refractivity contribution in [3.8, 4) is 0 Å². The zero-order valence-corrected chi connectivity index (χ0v) is 18.7. The predicted octanol–water partition coefficient (Wildman–Crippen LogP) is 6.50. The molecule has 150 valence electrons. The molecule has 0 N–H and O–H groups in total. The number of amides is 1. The van der Waals surface area contributed by atoms with Gasteiger partial charge in [0.15, 0.2) is 0 Å². The molecule has 4 aromatic rings. The molecule has 0 saturated heterocycles. The van der Waals surface area contributed by atoms with E-state index in [2.05, 4.69) is 26.0 Å². The Hall–Kier alpha value is -2.90. The van der Waals surface area contributed by atoms with E-state index in [1.807, 2.05) is 44.2 Å². The standard InChI is InChI=1S/C23H17BrFN3OS/c1-14-3-6-17(11-15(14)2)22(29)28(26-13-16-4-8-19(25)9-5-16)23-27-20-10-7-18(24)12-21(20)30-23/h3-13H,1-2H3/b26-13+.